The number of primary amides is 1. The van der Waals surface area contributed by atoms with Gasteiger partial charge < -0.3 is 16.0 Å². The summed E-state index contributed by atoms with van der Waals surface area (Å²) >= 11 is 0. The molecule has 1 atom stereocenters. The molecule has 2 heterocycles. The first-order chi connectivity index (χ1) is 13.2. The van der Waals surface area contributed by atoms with Crippen molar-refractivity contribution in [3.8, 4) is 11.3 Å². The van der Waals surface area contributed by atoms with Gasteiger partial charge in [0.1, 0.15) is 0 Å². The van der Waals surface area contributed by atoms with Crippen molar-refractivity contribution < 1.29 is 4.79 Å². The van der Waals surface area contributed by atoms with Gasteiger partial charge in [0.05, 0.1) is 5.69 Å². The number of guanidine groups is 1. The van der Waals surface area contributed by atoms with E-state index in [1.807, 2.05) is 24.3 Å². The van der Waals surface area contributed by atoms with Crippen molar-refractivity contribution in [2.75, 3.05) is 20.1 Å². The summed E-state index contributed by atoms with van der Waals surface area (Å²) in [5, 5.41) is 3.45. The standard InChI is InChI=1S/C21H27N5O/c1-23-21(26-11-5-7-17(15-26)13-20(22)27)25-14-16-6-4-8-18(12-16)19-9-2-3-10-24-19/h2-4,6,8-10,12,17H,5,7,11,13-15H2,1H3,(H2,22,27)(H,23,25). The number of nitrogens with one attached hydrogen (secondary N) is 1. The van der Waals surface area contributed by atoms with Crippen molar-refractivity contribution in [2.24, 2.45) is 16.6 Å². The molecule has 1 aromatic heterocycles. The van der Waals surface area contributed by atoms with Crippen molar-refractivity contribution in [2.45, 2.75) is 25.8 Å². The normalized spacial score (nSPS) is 17.6. The van der Waals surface area contributed by atoms with Crippen LogP contribution >= 0.6 is 0 Å². The predicted molar refractivity (Wildman–Crippen MR) is 108 cm³/mol. The fourth-order valence-corrected chi connectivity index (χ4v) is 3.60. The van der Waals surface area contributed by atoms with E-state index < -0.39 is 0 Å². The number of carbonyl (C=O) groups excluding carboxylic acids is 1. The van der Waals surface area contributed by atoms with Crippen LogP contribution in [0, 0.1) is 5.92 Å². The van der Waals surface area contributed by atoms with Gasteiger partial charge in [-0.15, -0.1) is 0 Å². The number of pyridine rings is 1. The molecule has 1 fully saturated rings. The maximum absolute atomic E-state index is 11.2. The van der Waals surface area contributed by atoms with Crippen LogP contribution in [-0.2, 0) is 11.3 Å². The highest BCUT2D eigenvalue weighted by Gasteiger charge is 2.23. The minimum absolute atomic E-state index is 0.226. The van der Waals surface area contributed by atoms with E-state index in [-0.39, 0.29) is 5.91 Å². The number of hydrogen-bond donors (Lipinski definition) is 2. The highest BCUT2D eigenvalue weighted by molar-refractivity contribution is 5.80. The quantitative estimate of drug-likeness (QED) is 0.630. The van der Waals surface area contributed by atoms with Crippen molar-refractivity contribution in [3.05, 3.63) is 54.2 Å². The zero-order valence-electron chi connectivity index (χ0n) is 15.8. The summed E-state index contributed by atoms with van der Waals surface area (Å²) in [7, 11) is 1.80. The predicted octanol–water partition coefficient (Wildman–Crippen LogP) is 2.41. The van der Waals surface area contributed by atoms with Gasteiger partial charge in [-0.1, -0.05) is 24.3 Å². The molecule has 0 radical (unpaired) electrons. The van der Waals surface area contributed by atoms with E-state index in [4.69, 9.17) is 5.73 Å². The Bertz CT molecular complexity index is 790. The number of carbonyl (C=O) groups is 1. The number of aliphatic imine (C=N–C) groups is 1. The minimum atomic E-state index is -0.226. The molecule has 3 N–H and O–H groups in total. The Morgan fingerprint density at radius 3 is 2.96 bits per heavy atom. The summed E-state index contributed by atoms with van der Waals surface area (Å²) in [6.45, 7) is 2.45. The maximum atomic E-state index is 11.2. The third-order valence-electron chi connectivity index (χ3n) is 4.86. The second-order valence-corrected chi connectivity index (χ2v) is 6.94. The van der Waals surface area contributed by atoms with E-state index in [9.17, 15) is 4.79 Å². The molecule has 1 aliphatic heterocycles. The minimum Gasteiger partial charge on any atom is -0.370 e. The maximum Gasteiger partial charge on any atom is 0.217 e. The lowest BCUT2D eigenvalue weighted by Gasteiger charge is -2.34. The Balaban J connectivity index is 1.62. The number of hydrogen-bond acceptors (Lipinski definition) is 3. The second-order valence-electron chi connectivity index (χ2n) is 6.94. The Morgan fingerprint density at radius 2 is 2.22 bits per heavy atom. The van der Waals surface area contributed by atoms with Crippen LogP contribution in [0.5, 0.6) is 0 Å². The fourth-order valence-electron chi connectivity index (χ4n) is 3.60. The molecule has 6 heteroatoms. The largest absolute Gasteiger partial charge is 0.370 e. The summed E-state index contributed by atoms with van der Waals surface area (Å²) in [6.07, 6.45) is 4.34. The van der Waals surface area contributed by atoms with Gasteiger partial charge in [-0.25, -0.2) is 0 Å². The van der Waals surface area contributed by atoms with E-state index in [0.29, 0.717) is 18.9 Å². The Morgan fingerprint density at radius 1 is 1.33 bits per heavy atom. The molecule has 0 aliphatic carbocycles. The molecular formula is C21H27N5O. The molecular weight excluding hydrogens is 338 g/mol. The molecule has 1 unspecified atom stereocenters. The van der Waals surface area contributed by atoms with Gasteiger partial charge in [-0.3, -0.25) is 14.8 Å². The van der Waals surface area contributed by atoms with Crippen LogP contribution < -0.4 is 11.1 Å². The third kappa shape index (κ3) is 5.29. The van der Waals surface area contributed by atoms with E-state index in [1.165, 1.54) is 5.56 Å². The van der Waals surface area contributed by atoms with Crippen molar-refractivity contribution >= 4 is 11.9 Å². The van der Waals surface area contributed by atoms with Gasteiger partial charge >= 0.3 is 0 Å². The molecule has 2 aromatic rings. The number of aromatic nitrogens is 1. The van der Waals surface area contributed by atoms with Crippen LogP contribution in [0.15, 0.2) is 53.7 Å². The average molecular weight is 365 g/mol. The zero-order chi connectivity index (χ0) is 19.1. The van der Waals surface area contributed by atoms with Gasteiger partial charge in [0.2, 0.25) is 5.91 Å². The molecule has 0 bridgehead atoms. The lowest BCUT2D eigenvalue weighted by molar-refractivity contribution is -0.119. The molecule has 142 valence electrons. The Labute approximate surface area is 160 Å². The van der Waals surface area contributed by atoms with Crippen LogP contribution in [0.4, 0.5) is 0 Å². The second kappa shape index (κ2) is 9.16. The van der Waals surface area contributed by atoms with Gasteiger partial charge in [0.25, 0.3) is 0 Å². The third-order valence-corrected chi connectivity index (χ3v) is 4.86. The van der Waals surface area contributed by atoms with E-state index in [1.54, 1.807) is 13.2 Å². The molecule has 3 rings (SSSR count). The zero-order valence-corrected chi connectivity index (χ0v) is 15.8. The number of piperidine rings is 1. The first-order valence-corrected chi connectivity index (χ1v) is 9.40. The van der Waals surface area contributed by atoms with E-state index in [0.717, 1.165) is 43.1 Å². The van der Waals surface area contributed by atoms with Crippen molar-refractivity contribution in [3.63, 3.8) is 0 Å². The molecule has 0 spiro atoms. The summed E-state index contributed by atoms with van der Waals surface area (Å²) in [4.78, 5) is 22.3. The molecule has 0 saturated carbocycles. The highest BCUT2D eigenvalue weighted by atomic mass is 16.1. The number of nitrogens with zero attached hydrogens (tertiary/aromatic N) is 3. The fraction of sp³-hybridized carbons (Fsp3) is 0.381. The van der Waals surface area contributed by atoms with Crippen molar-refractivity contribution in [1.82, 2.24) is 15.2 Å². The van der Waals surface area contributed by atoms with E-state index >= 15 is 0 Å². The van der Waals surface area contributed by atoms with Crippen LogP contribution in [0.1, 0.15) is 24.8 Å². The Hall–Kier alpha value is -2.89. The van der Waals surface area contributed by atoms with Crippen LogP contribution in [-0.4, -0.2) is 41.9 Å². The molecule has 27 heavy (non-hydrogen) atoms. The number of nitrogens with two attached hydrogens (primary N) is 1. The van der Waals surface area contributed by atoms with Gasteiger partial charge in [0, 0.05) is 44.9 Å². The molecule has 1 aliphatic rings. The van der Waals surface area contributed by atoms with Gasteiger partial charge in [-0.2, -0.15) is 0 Å². The number of likely N-dealkylation sites (tertiary alicyclic amines) is 1. The monoisotopic (exact) mass is 365 g/mol. The summed E-state index contributed by atoms with van der Waals surface area (Å²) < 4.78 is 0. The van der Waals surface area contributed by atoms with Crippen LogP contribution in [0.3, 0.4) is 0 Å². The van der Waals surface area contributed by atoms with Crippen LogP contribution in [0.25, 0.3) is 11.3 Å². The highest BCUT2D eigenvalue weighted by Crippen LogP contribution is 2.20. The average Bonchev–Trinajstić information content (AvgIpc) is 2.69. The molecule has 6 nitrogen and oxygen atoms in total. The number of rotatable bonds is 5. The SMILES string of the molecule is CN=C(NCc1cccc(-c2ccccn2)c1)N1CCCC(CC(N)=O)C1. The smallest absolute Gasteiger partial charge is 0.217 e. The first kappa shape index (κ1) is 18.9. The topological polar surface area (TPSA) is 83.6 Å². The number of amides is 1. The van der Waals surface area contributed by atoms with E-state index in [2.05, 4.69) is 38.4 Å². The number of benzene rings is 1. The summed E-state index contributed by atoms with van der Waals surface area (Å²) in [6, 6.07) is 14.3. The molecule has 1 aromatic carbocycles. The molecule has 1 saturated heterocycles. The van der Waals surface area contributed by atoms with Gasteiger partial charge in [-0.05, 0) is 42.5 Å². The van der Waals surface area contributed by atoms with Crippen LogP contribution in [0.2, 0.25) is 0 Å². The summed E-state index contributed by atoms with van der Waals surface area (Å²) in [5.74, 6) is 0.950. The van der Waals surface area contributed by atoms with Gasteiger partial charge in [0.15, 0.2) is 5.96 Å². The summed E-state index contributed by atoms with van der Waals surface area (Å²) in [5.41, 5.74) is 8.61. The Kier molecular flexibility index (Phi) is 6.41. The lowest BCUT2D eigenvalue weighted by atomic mass is 9.95. The molecule has 1 amide bonds. The van der Waals surface area contributed by atoms with Crippen molar-refractivity contribution in [1.29, 1.82) is 0 Å². The first-order valence-electron chi connectivity index (χ1n) is 9.40. The lowest BCUT2D eigenvalue weighted by Crippen LogP contribution is -2.46.